The molecule has 1 aliphatic rings. The first kappa shape index (κ1) is 6.59. The van der Waals surface area contributed by atoms with Crippen LogP contribution in [-0.4, -0.2) is 4.43 Å². The lowest BCUT2D eigenvalue weighted by atomic mass is 9.97. The van der Waals surface area contributed by atoms with Crippen molar-refractivity contribution in [2.24, 2.45) is 5.92 Å². The molecule has 0 nitrogen and oxygen atoms in total. The third-order valence-electron chi connectivity index (χ3n) is 1.60. The molecule has 1 heteroatoms. The number of halogens is 1. The van der Waals surface area contributed by atoms with E-state index in [4.69, 9.17) is 0 Å². The van der Waals surface area contributed by atoms with E-state index in [2.05, 4.69) is 34.7 Å². The fourth-order valence-corrected chi connectivity index (χ4v) is 1.80. The number of hydrogen-bond donors (Lipinski definition) is 0. The minimum absolute atomic E-state index is 0.987. The first-order chi connectivity index (χ1) is 3.93. The first-order valence-corrected chi connectivity index (χ1v) is 4.67. The summed E-state index contributed by atoms with van der Waals surface area (Å²) < 4.78 is 1.34. The maximum Gasteiger partial charge on any atom is 0.00267 e. The molecule has 0 aromatic heterocycles. The maximum atomic E-state index is 2.47. The van der Waals surface area contributed by atoms with Gasteiger partial charge in [-0.3, -0.25) is 0 Å². The van der Waals surface area contributed by atoms with Gasteiger partial charge in [0.15, 0.2) is 0 Å². The average Bonchev–Trinajstić information content (AvgIpc) is 1.90. The van der Waals surface area contributed by atoms with Crippen LogP contribution >= 0.6 is 22.6 Å². The Hall–Kier alpha value is 0.470. The Morgan fingerprint density at radius 2 is 2.38 bits per heavy atom. The van der Waals surface area contributed by atoms with Crippen LogP contribution in [0.4, 0.5) is 0 Å². The average molecular weight is 222 g/mol. The molecule has 0 bridgehead atoms. The highest BCUT2D eigenvalue weighted by Crippen LogP contribution is 2.19. The van der Waals surface area contributed by atoms with Gasteiger partial charge in [-0.05, 0) is 25.2 Å². The molecule has 8 heavy (non-hydrogen) atoms. The standard InChI is InChI=1S/C7H11I/c8-6-7-4-2-1-3-5-7/h1-2,7H,3-6H2. The fraction of sp³-hybridized carbons (Fsp3) is 0.714. The Bertz CT molecular complexity index is 86.4. The normalized spacial score (nSPS) is 28.4. The molecule has 0 fully saturated rings. The van der Waals surface area contributed by atoms with Gasteiger partial charge in [-0.15, -0.1) is 0 Å². The van der Waals surface area contributed by atoms with E-state index in [9.17, 15) is 0 Å². The Morgan fingerprint density at radius 1 is 1.50 bits per heavy atom. The van der Waals surface area contributed by atoms with Crippen molar-refractivity contribution in [2.75, 3.05) is 4.43 Å². The summed E-state index contributed by atoms with van der Waals surface area (Å²) in [4.78, 5) is 0. The molecule has 46 valence electrons. The van der Waals surface area contributed by atoms with Crippen LogP contribution in [0.5, 0.6) is 0 Å². The molecule has 0 aliphatic heterocycles. The lowest BCUT2D eigenvalue weighted by Gasteiger charge is -2.13. The minimum Gasteiger partial charge on any atom is -0.0885 e. The largest absolute Gasteiger partial charge is 0.0885 e. The van der Waals surface area contributed by atoms with Crippen molar-refractivity contribution in [3.05, 3.63) is 12.2 Å². The molecular formula is C7H11I. The van der Waals surface area contributed by atoms with Crippen molar-refractivity contribution in [3.63, 3.8) is 0 Å². The zero-order chi connectivity index (χ0) is 5.82. The molecule has 1 aliphatic carbocycles. The summed E-state index contributed by atoms with van der Waals surface area (Å²) in [7, 11) is 0. The molecule has 0 N–H and O–H groups in total. The van der Waals surface area contributed by atoms with Gasteiger partial charge < -0.3 is 0 Å². The molecule has 0 aromatic rings. The molecule has 0 heterocycles. The van der Waals surface area contributed by atoms with Crippen LogP contribution in [0.15, 0.2) is 12.2 Å². The number of hydrogen-bond acceptors (Lipinski definition) is 0. The van der Waals surface area contributed by atoms with Gasteiger partial charge in [-0.25, -0.2) is 0 Å². The predicted octanol–water partition coefficient (Wildman–Crippen LogP) is 2.78. The highest BCUT2D eigenvalue weighted by Gasteiger charge is 2.05. The lowest BCUT2D eigenvalue weighted by molar-refractivity contribution is 0.543. The van der Waals surface area contributed by atoms with Crippen molar-refractivity contribution in [1.29, 1.82) is 0 Å². The second kappa shape index (κ2) is 3.49. The molecule has 0 radical (unpaired) electrons. The van der Waals surface area contributed by atoms with Crippen molar-refractivity contribution in [2.45, 2.75) is 19.3 Å². The van der Waals surface area contributed by atoms with E-state index in [1.165, 1.54) is 23.7 Å². The van der Waals surface area contributed by atoms with Crippen LogP contribution in [0.1, 0.15) is 19.3 Å². The number of allylic oxidation sites excluding steroid dienone is 2. The summed E-state index contributed by atoms with van der Waals surface area (Å²) in [5.74, 6) is 0.987. The SMILES string of the molecule is ICC1CC=CCC1. The smallest absolute Gasteiger partial charge is 0.00267 e. The zero-order valence-electron chi connectivity index (χ0n) is 4.94. The first-order valence-electron chi connectivity index (χ1n) is 3.14. The molecular weight excluding hydrogens is 211 g/mol. The lowest BCUT2D eigenvalue weighted by Crippen LogP contribution is -2.02. The maximum absolute atomic E-state index is 2.47. The van der Waals surface area contributed by atoms with E-state index in [1.807, 2.05) is 0 Å². The Kier molecular flexibility index (Phi) is 2.87. The van der Waals surface area contributed by atoms with E-state index in [1.54, 1.807) is 0 Å². The quantitative estimate of drug-likeness (QED) is 0.363. The number of rotatable bonds is 1. The summed E-state index contributed by atoms with van der Waals surface area (Å²) in [6, 6.07) is 0. The zero-order valence-corrected chi connectivity index (χ0v) is 7.10. The molecule has 0 spiro atoms. The highest BCUT2D eigenvalue weighted by molar-refractivity contribution is 14.1. The van der Waals surface area contributed by atoms with Crippen LogP contribution in [0.3, 0.4) is 0 Å². The molecule has 1 atom stereocenters. The fourth-order valence-electron chi connectivity index (χ4n) is 0.996. The summed E-state index contributed by atoms with van der Waals surface area (Å²) >= 11 is 2.47. The molecule has 1 unspecified atom stereocenters. The predicted molar refractivity (Wildman–Crippen MR) is 45.4 cm³/mol. The summed E-state index contributed by atoms with van der Waals surface area (Å²) in [5, 5.41) is 0. The summed E-state index contributed by atoms with van der Waals surface area (Å²) in [5.41, 5.74) is 0. The van der Waals surface area contributed by atoms with E-state index in [0.717, 1.165) is 5.92 Å². The second-order valence-corrected chi connectivity index (χ2v) is 3.19. The third kappa shape index (κ3) is 1.77. The summed E-state index contributed by atoms with van der Waals surface area (Å²) in [6.45, 7) is 0. The van der Waals surface area contributed by atoms with E-state index in [0.29, 0.717) is 0 Å². The Balaban J connectivity index is 2.27. The van der Waals surface area contributed by atoms with Crippen LogP contribution in [0.2, 0.25) is 0 Å². The molecule has 0 saturated heterocycles. The van der Waals surface area contributed by atoms with Crippen LogP contribution in [-0.2, 0) is 0 Å². The molecule has 0 amide bonds. The third-order valence-corrected chi connectivity index (χ3v) is 2.84. The highest BCUT2D eigenvalue weighted by atomic mass is 127. The van der Waals surface area contributed by atoms with E-state index in [-0.39, 0.29) is 0 Å². The van der Waals surface area contributed by atoms with Gasteiger partial charge in [-0.2, -0.15) is 0 Å². The van der Waals surface area contributed by atoms with Gasteiger partial charge in [0.05, 0.1) is 0 Å². The van der Waals surface area contributed by atoms with Crippen LogP contribution in [0, 0.1) is 5.92 Å². The number of alkyl halides is 1. The van der Waals surface area contributed by atoms with E-state index < -0.39 is 0 Å². The van der Waals surface area contributed by atoms with Gasteiger partial charge in [0, 0.05) is 4.43 Å². The van der Waals surface area contributed by atoms with E-state index >= 15 is 0 Å². The van der Waals surface area contributed by atoms with Gasteiger partial charge in [0.1, 0.15) is 0 Å². The summed E-state index contributed by atoms with van der Waals surface area (Å²) in [6.07, 6.45) is 8.66. The van der Waals surface area contributed by atoms with Crippen molar-refractivity contribution in [1.82, 2.24) is 0 Å². The topological polar surface area (TPSA) is 0 Å². The van der Waals surface area contributed by atoms with Gasteiger partial charge in [0.2, 0.25) is 0 Å². The monoisotopic (exact) mass is 222 g/mol. The Labute approximate surface area is 64.5 Å². The van der Waals surface area contributed by atoms with Gasteiger partial charge in [-0.1, -0.05) is 34.7 Å². The minimum atomic E-state index is 0.987. The molecule has 0 saturated carbocycles. The van der Waals surface area contributed by atoms with Crippen LogP contribution < -0.4 is 0 Å². The van der Waals surface area contributed by atoms with Gasteiger partial charge in [0.25, 0.3) is 0 Å². The van der Waals surface area contributed by atoms with Crippen molar-refractivity contribution >= 4 is 22.6 Å². The molecule has 0 aromatic carbocycles. The second-order valence-electron chi connectivity index (χ2n) is 2.30. The van der Waals surface area contributed by atoms with Gasteiger partial charge >= 0.3 is 0 Å². The molecule has 1 rings (SSSR count). The van der Waals surface area contributed by atoms with Crippen molar-refractivity contribution in [3.8, 4) is 0 Å². The van der Waals surface area contributed by atoms with Crippen molar-refractivity contribution < 1.29 is 0 Å². The Morgan fingerprint density at radius 3 is 2.75 bits per heavy atom. The van der Waals surface area contributed by atoms with Crippen LogP contribution in [0.25, 0.3) is 0 Å².